The van der Waals surface area contributed by atoms with Crippen molar-refractivity contribution in [3.05, 3.63) is 29.8 Å². The first-order valence-corrected chi connectivity index (χ1v) is 5.54. The Morgan fingerprint density at radius 3 is 2.94 bits per heavy atom. The van der Waals surface area contributed by atoms with Gasteiger partial charge in [0.1, 0.15) is 5.82 Å². The number of likely N-dealkylation sites (N-methyl/N-ethyl adjacent to an activating group) is 1. The molecular weight excluding hydrogens is 200 g/mol. The van der Waals surface area contributed by atoms with Crippen LogP contribution in [0, 0.1) is 6.92 Å². The highest BCUT2D eigenvalue weighted by Gasteiger charge is 2.12. The molecule has 0 saturated carbocycles. The van der Waals surface area contributed by atoms with Gasteiger partial charge in [-0.2, -0.15) is 0 Å². The van der Waals surface area contributed by atoms with E-state index in [1.807, 2.05) is 19.3 Å². The molecule has 0 amide bonds. The fraction of sp³-hybridized carbons (Fsp3) is 0.417. The highest BCUT2D eigenvalue weighted by Crippen LogP contribution is 2.22. The number of aromatic amines is 1. The number of hydrogen-bond donors (Lipinski definition) is 2. The number of nitrogens with one attached hydrogen (secondary N) is 2. The van der Waals surface area contributed by atoms with Crippen LogP contribution in [0.4, 0.5) is 0 Å². The van der Waals surface area contributed by atoms with E-state index in [1.54, 1.807) is 0 Å². The SMILES string of the molecule is CNCCc1nc(C)c(-c2ccc[nH]2)n1C. The molecule has 0 radical (unpaired) electrons. The second-order valence-electron chi connectivity index (χ2n) is 3.96. The maximum atomic E-state index is 4.61. The fourth-order valence-electron chi connectivity index (χ4n) is 2.01. The highest BCUT2D eigenvalue weighted by atomic mass is 15.1. The van der Waals surface area contributed by atoms with Gasteiger partial charge in [0.15, 0.2) is 0 Å². The van der Waals surface area contributed by atoms with Crippen LogP contribution in [-0.2, 0) is 13.5 Å². The van der Waals surface area contributed by atoms with Crippen LogP contribution in [-0.4, -0.2) is 28.1 Å². The van der Waals surface area contributed by atoms with E-state index in [1.165, 1.54) is 5.69 Å². The third-order valence-corrected chi connectivity index (χ3v) is 2.81. The first-order valence-electron chi connectivity index (χ1n) is 5.54. The van der Waals surface area contributed by atoms with Gasteiger partial charge in [0, 0.05) is 26.2 Å². The van der Waals surface area contributed by atoms with Gasteiger partial charge in [0.2, 0.25) is 0 Å². The van der Waals surface area contributed by atoms with Gasteiger partial charge < -0.3 is 14.9 Å². The molecule has 2 rings (SSSR count). The largest absolute Gasteiger partial charge is 0.360 e. The minimum atomic E-state index is 0.953. The first kappa shape index (κ1) is 11.0. The van der Waals surface area contributed by atoms with Crippen molar-refractivity contribution in [1.29, 1.82) is 0 Å². The van der Waals surface area contributed by atoms with E-state index in [9.17, 15) is 0 Å². The average molecular weight is 218 g/mol. The minimum absolute atomic E-state index is 0.953. The van der Waals surface area contributed by atoms with Crippen LogP contribution in [0.3, 0.4) is 0 Å². The van der Waals surface area contributed by atoms with Crippen LogP contribution in [0.5, 0.6) is 0 Å². The molecule has 4 nitrogen and oxygen atoms in total. The zero-order valence-corrected chi connectivity index (χ0v) is 10.0. The fourth-order valence-corrected chi connectivity index (χ4v) is 2.01. The van der Waals surface area contributed by atoms with Crippen LogP contribution >= 0.6 is 0 Å². The summed E-state index contributed by atoms with van der Waals surface area (Å²) in [7, 11) is 4.03. The zero-order valence-electron chi connectivity index (χ0n) is 10.0. The summed E-state index contributed by atoms with van der Waals surface area (Å²) in [5.74, 6) is 1.12. The summed E-state index contributed by atoms with van der Waals surface area (Å²) in [6.07, 6.45) is 2.89. The van der Waals surface area contributed by atoms with E-state index in [-0.39, 0.29) is 0 Å². The predicted octanol–water partition coefficient (Wildman–Crippen LogP) is 1.49. The summed E-state index contributed by atoms with van der Waals surface area (Å²) >= 11 is 0. The highest BCUT2D eigenvalue weighted by molar-refractivity contribution is 5.58. The van der Waals surface area contributed by atoms with Gasteiger partial charge >= 0.3 is 0 Å². The number of rotatable bonds is 4. The molecule has 2 heterocycles. The van der Waals surface area contributed by atoms with Gasteiger partial charge in [-0.15, -0.1) is 0 Å². The second-order valence-corrected chi connectivity index (χ2v) is 3.96. The predicted molar refractivity (Wildman–Crippen MR) is 65.4 cm³/mol. The lowest BCUT2D eigenvalue weighted by Gasteiger charge is -2.04. The van der Waals surface area contributed by atoms with Crippen molar-refractivity contribution in [1.82, 2.24) is 19.9 Å². The van der Waals surface area contributed by atoms with Crippen LogP contribution in [0.15, 0.2) is 18.3 Å². The third-order valence-electron chi connectivity index (χ3n) is 2.81. The van der Waals surface area contributed by atoms with Gasteiger partial charge in [0.25, 0.3) is 0 Å². The Hall–Kier alpha value is -1.55. The van der Waals surface area contributed by atoms with E-state index >= 15 is 0 Å². The normalized spacial score (nSPS) is 10.9. The molecular formula is C12H18N4. The molecule has 0 atom stereocenters. The molecule has 0 aliphatic rings. The number of hydrogen-bond acceptors (Lipinski definition) is 2. The lowest BCUT2D eigenvalue weighted by molar-refractivity contribution is 0.719. The molecule has 0 fully saturated rings. The van der Waals surface area contributed by atoms with Gasteiger partial charge in [-0.25, -0.2) is 4.98 Å². The molecule has 0 spiro atoms. The quantitative estimate of drug-likeness (QED) is 0.816. The Balaban J connectivity index is 2.36. The summed E-state index contributed by atoms with van der Waals surface area (Å²) in [4.78, 5) is 7.83. The number of imidazole rings is 1. The molecule has 2 aromatic rings. The van der Waals surface area contributed by atoms with Crippen LogP contribution in [0.1, 0.15) is 11.5 Å². The smallest absolute Gasteiger partial charge is 0.110 e. The number of aryl methyl sites for hydroxylation is 1. The summed E-state index contributed by atoms with van der Waals surface area (Å²) in [6.45, 7) is 3.01. The van der Waals surface area contributed by atoms with Gasteiger partial charge in [-0.1, -0.05) is 0 Å². The van der Waals surface area contributed by atoms with Crippen molar-refractivity contribution in [2.45, 2.75) is 13.3 Å². The molecule has 0 unspecified atom stereocenters. The minimum Gasteiger partial charge on any atom is -0.360 e. The molecule has 86 valence electrons. The van der Waals surface area contributed by atoms with Crippen molar-refractivity contribution in [3.8, 4) is 11.4 Å². The Morgan fingerprint density at radius 1 is 1.50 bits per heavy atom. The van der Waals surface area contributed by atoms with E-state index < -0.39 is 0 Å². The lowest BCUT2D eigenvalue weighted by Crippen LogP contribution is -2.13. The molecule has 4 heteroatoms. The Kier molecular flexibility index (Phi) is 3.10. The van der Waals surface area contributed by atoms with E-state index in [4.69, 9.17) is 0 Å². The zero-order chi connectivity index (χ0) is 11.5. The van der Waals surface area contributed by atoms with E-state index in [2.05, 4.69) is 39.9 Å². The molecule has 0 aromatic carbocycles. The molecule has 0 aliphatic heterocycles. The first-order chi connectivity index (χ1) is 7.74. The van der Waals surface area contributed by atoms with Crippen molar-refractivity contribution >= 4 is 0 Å². The summed E-state index contributed by atoms with van der Waals surface area (Å²) in [6, 6.07) is 4.08. The summed E-state index contributed by atoms with van der Waals surface area (Å²) < 4.78 is 2.17. The van der Waals surface area contributed by atoms with E-state index in [0.29, 0.717) is 0 Å². The Bertz CT molecular complexity index is 454. The van der Waals surface area contributed by atoms with Gasteiger partial charge in [-0.3, -0.25) is 0 Å². The number of H-pyrrole nitrogens is 1. The standard InChI is InChI=1S/C12H18N4/c1-9-12(10-5-4-7-14-10)16(3)11(15-9)6-8-13-2/h4-5,7,13-14H,6,8H2,1-3H3. The van der Waals surface area contributed by atoms with Crippen LogP contribution in [0.25, 0.3) is 11.4 Å². The molecule has 0 aliphatic carbocycles. The van der Waals surface area contributed by atoms with Crippen molar-refractivity contribution in [3.63, 3.8) is 0 Å². The Morgan fingerprint density at radius 2 is 2.31 bits per heavy atom. The maximum absolute atomic E-state index is 4.61. The topological polar surface area (TPSA) is 45.6 Å². The number of nitrogens with zero attached hydrogens (tertiary/aromatic N) is 2. The van der Waals surface area contributed by atoms with Crippen LogP contribution in [0.2, 0.25) is 0 Å². The van der Waals surface area contributed by atoms with Crippen LogP contribution < -0.4 is 5.32 Å². The summed E-state index contributed by atoms with van der Waals surface area (Å²) in [5.41, 5.74) is 3.38. The number of aromatic nitrogens is 3. The van der Waals surface area contributed by atoms with Gasteiger partial charge in [-0.05, 0) is 26.1 Å². The molecule has 0 saturated heterocycles. The van der Waals surface area contributed by atoms with Crippen molar-refractivity contribution in [2.75, 3.05) is 13.6 Å². The molecule has 0 bridgehead atoms. The second kappa shape index (κ2) is 4.53. The van der Waals surface area contributed by atoms with Crippen molar-refractivity contribution < 1.29 is 0 Å². The van der Waals surface area contributed by atoms with E-state index in [0.717, 1.165) is 30.2 Å². The molecule has 16 heavy (non-hydrogen) atoms. The Labute approximate surface area is 95.7 Å². The van der Waals surface area contributed by atoms with Gasteiger partial charge in [0.05, 0.1) is 17.1 Å². The monoisotopic (exact) mass is 218 g/mol. The summed E-state index contributed by atoms with van der Waals surface area (Å²) in [5, 5.41) is 3.15. The average Bonchev–Trinajstić information content (AvgIpc) is 2.85. The maximum Gasteiger partial charge on any atom is 0.110 e. The molecule has 2 N–H and O–H groups in total. The lowest BCUT2D eigenvalue weighted by atomic mass is 10.2. The van der Waals surface area contributed by atoms with Crippen molar-refractivity contribution in [2.24, 2.45) is 7.05 Å². The third kappa shape index (κ3) is 1.88. The molecule has 2 aromatic heterocycles.